The second-order valence-electron chi connectivity index (χ2n) is 4.91. The van der Waals surface area contributed by atoms with Gasteiger partial charge in [0.05, 0.1) is 23.0 Å². The maximum absolute atomic E-state index is 12.0. The number of para-hydroxylation sites is 1. The van der Waals surface area contributed by atoms with Crippen LogP contribution < -0.4 is 9.79 Å². The molecule has 0 radical (unpaired) electrons. The van der Waals surface area contributed by atoms with Crippen molar-refractivity contribution in [1.29, 1.82) is 0 Å². The molecule has 0 aliphatic heterocycles. The summed E-state index contributed by atoms with van der Waals surface area (Å²) < 4.78 is 10.9. The van der Waals surface area contributed by atoms with Gasteiger partial charge >= 0.3 is 5.97 Å². The van der Waals surface area contributed by atoms with Gasteiger partial charge < -0.3 is 19.5 Å². The molecule has 0 atom stereocenters. The number of benzene rings is 2. The zero-order valence-electron chi connectivity index (χ0n) is 12.8. The number of phenols is 1. The molecule has 3 rings (SSSR count). The van der Waals surface area contributed by atoms with E-state index in [-0.39, 0.29) is 18.1 Å². The maximum Gasteiger partial charge on any atom is 0.338 e. The van der Waals surface area contributed by atoms with Gasteiger partial charge in [-0.2, -0.15) is 0 Å². The molecule has 0 aliphatic rings. The summed E-state index contributed by atoms with van der Waals surface area (Å²) in [4.78, 5) is 11.7. The van der Waals surface area contributed by atoms with E-state index in [2.05, 4.69) is 5.27 Å². The van der Waals surface area contributed by atoms with E-state index in [1.807, 2.05) is 0 Å². The summed E-state index contributed by atoms with van der Waals surface area (Å²) in [5.41, 5.74) is 1.29. The Kier molecular flexibility index (Phi) is 4.15. The van der Waals surface area contributed by atoms with E-state index in [0.717, 1.165) is 0 Å². The molecular weight excluding hydrogens is 312 g/mol. The molecule has 7 heteroatoms. The number of hydrogen-bond acceptors (Lipinski definition) is 6. The lowest BCUT2D eigenvalue weighted by Crippen LogP contribution is -2.34. The van der Waals surface area contributed by atoms with Crippen molar-refractivity contribution in [3.05, 3.63) is 54.1 Å². The number of esters is 1. The average Bonchev–Trinajstić information content (AvgIpc) is 2.97. The van der Waals surface area contributed by atoms with Crippen LogP contribution in [0.1, 0.15) is 17.3 Å². The molecule has 3 aromatic rings. The van der Waals surface area contributed by atoms with Crippen molar-refractivity contribution in [2.24, 2.45) is 0 Å². The summed E-state index contributed by atoms with van der Waals surface area (Å²) in [5.74, 6) is -1.17. The summed E-state index contributed by atoms with van der Waals surface area (Å²) in [6.45, 7) is 2.02. The van der Waals surface area contributed by atoms with E-state index < -0.39 is 11.9 Å². The fraction of sp³-hybridized carbons (Fsp3) is 0.118. The van der Waals surface area contributed by atoms with E-state index >= 15 is 0 Å². The number of aromatic hydroxyl groups is 1. The number of aromatic nitrogens is 2. The second kappa shape index (κ2) is 6.41. The fourth-order valence-electron chi connectivity index (χ4n) is 2.28. The van der Waals surface area contributed by atoms with Gasteiger partial charge in [0.25, 0.3) is 5.69 Å². The minimum absolute atomic E-state index is 0.0605. The zero-order chi connectivity index (χ0) is 17.1. The lowest BCUT2D eigenvalue weighted by atomic mass is 10.1. The fourth-order valence-corrected chi connectivity index (χ4v) is 2.28. The number of rotatable bonds is 4. The van der Waals surface area contributed by atoms with Crippen molar-refractivity contribution in [2.75, 3.05) is 6.61 Å². The molecule has 0 bridgehead atoms. The highest BCUT2D eigenvalue weighted by Gasteiger charge is 2.24. The Morgan fingerprint density at radius 1 is 1.25 bits per heavy atom. The maximum atomic E-state index is 12.0. The summed E-state index contributed by atoms with van der Waals surface area (Å²) in [6, 6.07) is 12.7. The van der Waals surface area contributed by atoms with E-state index in [1.54, 1.807) is 49.4 Å². The summed E-state index contributed by atoms with van der Waals surface area (Å²) >= 11 is 0. The first-order chi connectivity index (χ1) is 11.6. The van der Waals surface area contributed by atoms with Crippen LogP contribution in [0.3, 0.4) is 0 Å². The predicted octanol–water partition coefficient (Wildman–Crippen LogP) is 1.57. The van der Waals surface area contributed by atoms with Gasteiger partial charge in [-0.1, -0.05) is 12.1 Å². The molecule has 7 nitrogen and oxygen atoms in total. The molecule has 1 aromatic heterocycles. The lowest BCUT2D eigenvalue weighted by Gasteiger charge is -2.02. The van der Waals surface area contributed by atoms with Gasteiger partial charge in [-0.05, 0) is 35.9 Å². The largest absolute Gasteiger partial charge is 0.539 e. The van der Waals surface area contributed by atoms with Gasteiger partial charge in [0.15, 0.2) is 5.95 Å². The Labute approximate surface area is 137 Å². The van der Waals surface area contributed by atoms with Crippen molar-refractivity contribution >= 4 is 5.97 Å². The number of carbonyl (C=O) groups is 1. The molecule has 0 spiro atoms. The van der Waals surface area contributed by atoms with Crippen LogP contribution in [-0.4, -0.2) is 23.0 Å². The smallest absolute Gasteiger partial charge is 0.338 e. The lowest BCUT2D eigenvalue weighted by molar-refractivity contribution is -0.660. The summed E-state index contributed by atoms with van der Waals surface area (Å²) in [7, 11) is 0. The number of ether oxygens (including phenoxy) is 1. The first kappa shape index (κ1) is 15.5. The van der Waals surface area contributed by atoms with Crippen molar-refractivity contribution in [3.63, 3.8) is 0 Å². The SMILES string of the molecule is CCOC(=O)c1ccc(-[n+]2noc([O-])c2-c2ccccc2O)cc1. The Hall–Kier alpha value is -3.35. The Morgan fingerprint density at radius 2 is 1.96 bits per heavy atom. The third-order valence-electron chi connectivity index (χ3n) is 3.39. The predicted molar refractivity (Wildman–Crippen MR) is 80.5 cm³/mol. The van der Waals surface area contributed by atoms with Gasteiger partial charge in [0, 0.05) is 12.1 Å². The first-order valence-electron chi connectivity index (χ1n) is 7.26. The van der Waals surface area contributed by atoms with Crippen molar-refractivity contribution in [3.8, 4) is 28.6 Å². The average molecular weight is 326 g/mol. The van der Waals surface area contributed by atoms with Crippen LogP contribution in [0.2, 0.25) is 0 Å². The highest BCUT2D eigenvalue weighted by Crippen LogP contribution is 2.31. The van der Waals surface area contributed by atoms with Gasteiger partial charge in [-0.25, -0.2) is 4.79 Å². The van der Waals surface area contributed by atoms with Crippen LogP contribution in [0.25, 0.3) is 16.9 Å². The van der Waals surface area contributed by atoms with Gasteiger partial charge in [0.2, 0.25) is 5.69 Å². The molecular formula is C17H14N2O5. The Bertz CT molecular complexity index is 871. The van der Waals surface area contributed by atoms with E-state index in [4.69, 9.17) is 9.26 Å². The van der Waals surface area contributed by atoms with Gasteiger partial charge in [0.1, 0.15) is 5.75 Å². The van der Waals surface area contributed by atoms with E-state index in [0.29, 0.717) is 16.8 Å². The molecule has 0 saturated heterocycles. The van der Waals surface area contributed by atoms with E-state index in [1.165, 1.54) is 10.7 Å². The highest BCUT2D eigenvalue weighted by molar-refractivity contribution is 5.89. The number of nitrogens with zero attached hydrogens (tertiary/aromatic N) is 2. The molecule has 1 heterocycles. The minimum atomic E-state index is -0.675. The van der Waals surface area contributed by atoms with Crippen molar-refractivity contribution in [2.45, 2.75) is 6.92 Å². The van der Waals surface area contributed by atoms with Crippen LogP contribution in [0.4, 0.5) is 0 Å². The van der Waals surface area contributed by atoms with Gasteiger partial charge in [-0.15, -0.1) is 0 Å². The second-order valence-corrected chi connectivity index (χ2v) is 4.91. The monoisotopic (exact) mass is 326 g/mol. The molecule has 0 unspecified atom stereocenters. The molecule has 0 saturated carbocycles. The van der Waals surface area contributed by atoms with E-state index in [9.17, 15) is 15.0 Å². The molecule has 24 heavy (non-hydrogen) atoms. The first-order valence-corrected chi connectivity index (χ1v) is 7.26. The quantitative estimate of drug-likeness (QED) is 0.577. The summed E-state index contributed by atoms with van der Waals surface area (Å²) in [5, 5.41) is 25.7. The highest BCUT2D eigenvalue weighted by atomic mass is 16.6. The molecule has 0 amide bonds. The number of carbonyl (C=O) groups excluding carboxylic acids is 1. The minimum Gasteiger partial charge on any atom is -0.539 e. The van der Waals surface area contributed by atoms with Crippen LogP contribution in [0.5, 0.6) is 11.7 Å². The van der Waals surface area contributed by atoms with Crippen LogP contribution >= 0.6 is 0 Å². The topological polar surface area (TPSA) is 99.5 Å². The molecule has 2 aromatic carbocycles. The molecule has 0 fully saturated rings. The number of hydrogen-bond donors (Lipinski definition) is 1. The molecule has 122 valence electrons. The van der Waals surface area contributed by atoms with Crippen molar-refractivity contribution in [1.82, 2.24) is 5.27 Å². The standard InChI is InChI=1S/C17H13N2O5/c1-2-23-16(21)11-7-9-12(10-8-11)19-15(17(22)24-18-19)13-5-3-4-6-14(13)20/h3-10H,2H2,1H3/q-1/p+1. The Balaban J connectivity index is 2.03. The van der Waals surface area contributed by atoms with Crippen LogP contribution in [0, 0.1) is 0 Å². The number of phenolic OH excluding ortho intramolecular Hbond substituents is 1. The Morgan fingerprint density at radius 3 is 2.62 bits per heavy atom. The van der Waals surface area contributed by atoms with Crippen molar-refractivity contribution < 1.29 is 28.9 Å². The third kappa shape index (κ3) is 2.79. The summed E-state index contributed by atoms with van der Waals surface area (Å²) in [6.07, 6.45) is 0. The van der Waals surface area contributed by atoms with Crippen LogP contribution in [-0.2, 0) is 4.74 Å². The molecule has 1 N–H and O–H groups in total. The zero-order valence-corrected chi connectivity index (χ0v) is 12.8. The van der Waals surface area contributed by atoms with Gasteiger partial charge in [-0.3, -0.25) is 0 Å². The normalized spacial score (nSPS) is 10.5. The third-order valence-corrected chi connectivity index (χ3v) is 3.39. The van der Waals surface area contributed by atoms with Crippen LogP contribution in [0.15, 0.2) is 53.1 Å². The molecule has 0 aliphatic carbocycles.